The summed E-state index contributed by atoms with van der Waals surface area (Å²) >= 11 is 3.12. The van der Waals surface area contributed by atoms with Crippen LogP contribution >= 0.6 is 15.9 Å². The third-order valence-corrected chi connectivity index (χ3v) is 17.8. The van der Waals surface area contributed by atoms with Gasteiger partial charge in [-0.25, -0.2) is 24.0 Å². The Labute approximate surface area is 606 Å². The fourth-order valence-corrected chi connectivity index (χ4v) is 11.5. The quantitative estimate of drug-likeness (QED) is 0.0407. The molecule has 6 aliphatic rings. The topological polar surface area (TPSA) is 247 Å². The molecule has 12 rings (SSSR count). The predicted octanol–water partition coefficient (Wildman–Crippen LogP) is 17.0. The van der Waals surface area contributed by atoms with E-state index in [-0.39, 0.29) is 83.4 Å². The molecule has 6 aromatic carbocycles. The SMILES string of the molecule is C.C.C.C.C=C1OC(=O)C(C)=C1c1ccc(C)cc1.CC1=C(c2ccc(C)cc2)C(CO)(CO)OC1=O.CC1=C(c2ccc(C)cc2)C(CO)OC1=O.CC1=C(c2ccc(C)cc2)C2(CC2(C)C)OC1=O.CC1=C(c2ccc(C)cc2)COC1=O.CCC(=O)O.Cc1ccc(C(=O)CBr)cc1. The Morgan fingerprint density at radius 2 is 0.871 bits per heavy atom. The molecule has 5 heterocycles. The maximum atomic E-state index is 11.9. The second kappa shape index (κ2) is 38.4. The number of carboxylic acid groups (broad SMARTS) is 1. The van der Waals surface area contributed by atoms with Gasteiger partial charge in [-0.3, -0.25) is 9.59 Å². The zero-order valence-corrected chi connectivity index (χ0v) is 59.2. The van der Waals surface area contributed by atoms with E-state index >= 15 is 0 Å². The zero-order valence-electron chi connectivity index (χ0n) is 57.7. The van der Waals surface area contributed by atoms with Crippen LogP contribution in [0.5, 0.6) is 0 Å². The van der Waals surface area contributed by atoms with Crippen LogP contribution < -0.4 is 0 Å². The second-order valence-electron chi connectivity index (χ2n) is 25.1. The number of carboxylic acids is 1. The van der Waals surface area contributed by atoms with Crippen molar-refractivity contribution in [2.75, 3.05) is 31.8 Å². The van der Waals surface area contributed by atoms with Crippen LogP contribution in [-0.4, -0.2) is 111 Å². The van der Waals surface area contributed by atoms with E-state index in [1.54, 1.807) is 27.7 Å². The van der Waals surface area contributed by atoms with Crippen molar-refractivity contribution in [2.24, 2.45) is 5.41 Å². The molecule has 5 aliphatic heterocycles. The standard InChI is InChI=1S/C16H18O2.C14H16O4.C13H14O3.C13H12O2.C12H12O2.C9H9BrO.C3H6O2.4CH4/c1-10-5-7-12(8-6-10)13-11(2)14(17)18-16(13)9-15(16,3)4;1-9-3-5-11(6-4-9)12-10(2)13(17)18-14(12,7-15)8-16;1-8-3-5-10(6-4-8)12-9(2)13(15)16-11(12)7-14;1-8-4-6-11(7-5-8)12-9(2)13(14)15-10(12)3;1-8-3-5-10(6-4-8)11-7-14-12(13)9(11)2;1-7-2-4-8(5-3-7)9(11)6-10;1-2-3(4)5;;;;/h5-8H,9H2,1-4H3;3-6,15-16H,7-8H2,1-2H3;3-6,11,14H,7H2,1-2H3;4-7H,3H2,1-2H3;3-6H,7H2,1-2H3;2-5H,6H2,1H3;2H2,1H3,(H,4,5);4*1H4. The largest absolute Gasteiger partial charge is 0.481 e. The molecule has 0 radical (unpaired) electrons. The molecule has 1 saturated carbocycles. The smallest absolute Gasteiger partial charge is 0.339 e. The monoisotopic (exact) mass is 1450 g/mol. The molecule has 0 saturated heterocycles. The van der Waals surface area contributed by atoms with Crippen LogP contribution in [0.25, 0.3) is 27.9 Å². The number of aliphatic hydroxyl groups is 3. The maximum Gasteiger partial charge on any atom is 0.339 e. The third-order valence-electron chi connectivity index (χ3n) is 17.3. The van der Waals surface area contributed by atoms with E-state index in [0.717, 1.165) is 84.4 Å². The average molecular weight is 1450 g/mol. The van der Waals surface area contributed by atoms with Crippen molar-refractivity contribution in [2.45, 2.75) is 157 Å². The summed E-state index contributed by atoms with van der Waals surface area (Å²) < 4.78 is 25.8. The van der Waals surface area contributed by atoms with E-state index in [0.29, 0.717) is 40.0 Å². The van der Waals surface area contributed by atoms with Gasteiger partial charge >= 0.3 is 35.8 Å². The van der Waals surface area contributed by atoms with Crippen LogP contribution in [0.3, 0.4) is 0 Å². The Morgan fingerprint density at radius 1 is 0.495 bits per heavy atom. The number of allylic oxidation sites excluding steroid dienone is 1. The van der Waals surface area contributed by atoms with E-state index < -0.39 is 36.9 Å². The molecule has 2 atom stereocenters. The fourth-order valence-electron chi connectivity index (χ4n) is 11.2. The van der Waals surface area contributed by atoms with Gasteiger partial charge in [-0.15, -0.1) is 0 Å². The highest BCUT2D eigenvalue weighted by molar-refractivity contribution is 9.09. The number of hydrogen-bond acceptors (Lipinski definition) is 15. The molecule has 1 aliphatic carbocycles. The number of alkyl halides is 1. The number of rotatable bonds is 11. The first kappa shape index (κ1) is 87.7. The third kappa shape index (κ3) is 21.3. The van der Waals surface area contributed by atoms with Gasteiger partial charge in [0.05, 0.1) is 25.2 Å². The number of carbonyl (C=O) groups is 7. The van der Waals surface area contributed by atoms with Crippen molar-refractivity contribution in [1.29, 1.82) is 0 Å². The van der Waals surface area contributed by atoms with Gasteiger partial charge in [0.2, 0.25) is 0 Å². The van der Waals surface area contributed by atoms with Gasteiger partial charge in [0.15, 0.2) is 17.5 Å². The Morgan fingerprint density at radius 3 is 1.23 bits per heavy atom. The number of hydrogen-bond donors (Lipinski definition) is 4. The Bertz CT molecular complexity index is 4000. The van der Waals surface area contributed by atoms with Crippen LogP contribution in [0.2, 0.25) is 0 Å². The number of aliphatic carboxylic acids is 1. The van der Waals surface area contributed by atoms with Crippen molar-refractivity contribution in [3.05, 3.63) is 253 Å². The number of aryl methyl sites for hydroxylation is 6. The van der Waals surface area contributed by atoms with Crippen LogP contribution in [0, 0.1) is 47.0 Å². The van der Waals surface area contributed by atoms with Crippen LogP contribution in [0.4, 0.5) is 0 Å². The average Bonchev–Trinajstić information content (AvgIpc) is 1.52. The minimum Gasteiger partial charge on any atom is -0.481 e. The van der Waals surface area contributed by atoms with Crippen molar-refractivity contribution in [1.82, 2.24) is 0 Å². The van der Waals surface area contributed by atoms with Gasteiger partial charge in [-0.05, 0) is 104 Å². The van der Waals surface area contributed by atoms with E-state index in [1.165, 1.54) is 22.3 Å². The molecule has 0 aromatic heterocycles. The van der Waals surface area contributed by atoms with Crippen molar-refractivity contribution < 1.29 is 77.7 Å². The van der Waals surface area contributed by atoms with Gasteiger partial charge in [0.25, 0.3) is 0 Å². The molecule has 101 heavy (non-hydrogen) atoms. The van der Waals surface area contributed by atoms with E-state index in [1.807, 2.05) is 170 Å². The summed E-state index contributed by atoms with van der Waals surface area (Å²) in [5, 5.41) is 36.2. The lowest BCUT2D eigenvalue weighted by atomic mass is 9.87. The number of Topliss-reactive ketones (excluding diaryl/α,β-unsaturated/α-hetero) is 1. The highest BCUT2D eigenvalue weighted by Crippen LogP contribution is 2.67. The summed E-state index contributed by atoms with van der Waals surface area (Å²) in [5.74, 6) is -1.65. The maximum absolute atomic E-state index is 11.9. The molecule has 2 unspecified atom stereocenters. The number of halogens is 1. The molecule has 542 valence electrons. The lowest BCUT2D eigenvalue weighted by Gasteiger charge is -2.27. The molecule has 16 nitrogen and oxygen atoms in total. The number of esters is 5. The van der Waals surface area contributed by atoms with Gasteiger partial charge in [0.1, 0.15) is 18.0 Å². The molecule has 6 aromatic rings. The Balaban J connectivity index is 0.000000405. The lowest BCUT2D eigenvalue weighted by Crippen LogP contribution is -2.39. The van der Waals surface area contributed by atoms with Gasteiger partial charge < -0.3 is 44.1 Å². The highest BCUT2D eigenvalue weighted by Gasteiger charge is 2.70. The zero-order chi connectivity index (χ0) is 71.9. The molecule has 0 amide bonds. The number of ether oxygens (including phenoxy) is 5. The number of benzene rings is 6. The minimum atomic E-state index is -1.32. The number of carbonyl (C=O) groups excluding carboxylic acids is 6. The van der Waals surface area contributed by atoms with Crippen molar-refractivity contribution >= 4 is 85.4 Å². The number of ketones is 1. The fraction of sp³-hybridized carbons (Fsp3) is 0.345. The summed E-state index contributed by atoms with van der Waals surface area (Å²) in [4.78, 5) is 77.8. The molecular formula is C84H103BrO16. The van der Waals surface area contributed by atoms with Crippen LogP contribution in [0.1, 0.15) is 169 Å². The number of aliphatic hydroxyl groups excluding tert-OH is 3. The summed E-state index contributed by atoms with van der Waals surface area (Å²) in [6.07, 6.45) is 0.627. The van der Waals surface area contributed by atoms with Gasteiger partial charge in [-0.2, -0.15) is 0 Å². The predicted molar refractivity (Wildman–Crippen MR) is 406 cm³/mol. The summed E-state index contributed by atoms with van der Waals surface area (Å²) in [7, 11) is 0. The first-order valence-corrected chi connectivity index (χ1v) is 32.8. The van der Waals surface area contributed by atoms with E-state index in [2.05, 4.69) is 67.5 Å². The first-order chi connectivity index (χ1) is 45.8. The highest BCUT2D eigenvalue weighted by atomic mass is 79.9. The normalized spacial score (nSPS) is 17.5. The molecule has 17 heteroatoms. The minimum absolute atomic E-state index is 0. The second-order valence-corrected chi connectivity index (χ2v) is 25.6. The van der Waals surface area contributed by atoms with Crippen LogP contribution in [-0.2, 0) is 52.5 Å². The van der Waals surface area contributed by atoms with E-state index in [9.17, 15) is 48.9 Å². The molecule has 1 spiro atoms. The molecule has 1 fully saturated rings. The summed E-state index contributed by atoms with van der Waals surface area (Å²) in [6, 6.07) is 47.4. The van der Waals surface area contributed by atoms with Gasteiger partial charge in [0, 0.05) is 79.6 Å². The van der Waals surface area contributed by atoms with Gasteiger partial charge in [-0.1, -0.05) is 252 Å². The lowest BCUT2D eigenvalue weighted by molar-refractivity contribution is -0.152. The van der Waals surface area contributed by atoms with Crippen LogP contribution in [0.15, 0.2) is 186 Å². The van der Waals surface area contributed by atoms with Crippen molar-refractivity contribution in [3.63, 3.8) is 0 Å². The summed E-state index contributed by atoms with van der Waals surface area (Å²) in [5.41, 5.74) is 18.5. The summed E-state index contributed by atoms with van der Waals surface area (Å²) in [6.45, 7) is 29.9. The molecule has 4 N–H and O–H groups in total. The molecule has 0 bridgehead atoms. The first-order valence-electron chi connectivity index (χ1n) is 31.7. The van der Waals surface area contributed by atoms with E-state index in [4.69, 9.17) is 28.8 Å². The number of cyclic esters (lactones) is 4. The Hall–Kier alpha value is -9.39. The molecular weight excluding hydrogens is 1340 g/mol. The Kier molecular flexibility index (Phi) is 33.4. The van der Waals surface area contributed by atoms with Crippen molar-refractivity contribution in [3.8, 4) is 0 Å².